The van der Waals surface area contributed by atoms with Crippen molar-refractivity contribution in [2.24, 2.45) is 0 Å². The van der Waals surface area contributed by atoms with E-state index in [1.54, 1.807) is 23.0 Å². The first kappa shape index (κ1) is 15.3. The molecule has 1 aliphatic heterocycles. The second-order valence-corrected chi connectivity index (χ2v) is 6.00. The van der Waals surface area contributed by atoms with Crippen molar-refractivity contribution in [1.82, 2.24) is 19.8 Å². The summed E-state index contributed by atoms with van der Waals surface area (Å²) in [6.07, 6.45) is 1.58. The maximum Gasteiger partial charge on any atom is 0.292 e. The fourth-order valence-electron chi connectivity index (χ4n) is 3.25. The van der Waals surface area contributed by atoms with E-state index in [1.165, 1.54) is 0 Å². The van der Waals surface area contributed by atoms with Crippen LogP contribution < -0.4 is 9.80 Å². The van der Waals surface area contributed by atoms with Gasteiger partial charge in [0.15, 0.2) is 5.65 Å². The van der Waals surface area contributed by atoms with Crippen molar-refractivity contribution in [1.29, 1.82) is 0 Å². The summed E-state index contributed by atoms with van der Waals surface area (Å²) in [5.41, 5.74) is 2.51. The summed E-state index contributed by atoms with van der Waals surface area (Å²) in [4.78, 5) is 15.3. The second-order valence-electron chi connectivity index (χ2n) is 6.00. The van der Waals surface area contributed by atoms with E-state index >= 15 is 0 Å². The van der Waals surface area contributed by atoms with Gasteiger partial charge in [-0.15, -0.1) is 15.3 Å². The van der Waals surface area contributed by atoms with Gasteiger partial charge in [0.2, 0.25) is 0 Å². The SMILES string of the molecule is Cc1cccc([N+](=O)[O-])c1N1CCN(c2ccc3nncn3n2)CC1. The molecule has 1 fully saturated rings. The Balaban J connectivity index is 1.55. The van der Waals surface area contributed by atoms with Gasteiger partial charge < -0.3 is 9.80 Å². The van der Waals surface area contributed by atoms with E-state index in [4.69, 9.17) is 0 Å². The number of fused-ring (bicyclic) bond motifs is 1. The van der Waals surface area contributed by atoms with Gasteiger partial charge in [-0.05, 0) is 24.6 Å². The van der Waals surface area contributed by atoms with Gasteiger partial charge in [0.1, 0.15) is 17.8 Å². The molecular weight excluding hydrogens is 322 g/mol. The molecule has 3 aromatic rings. The Morgan fingerprint density at radius 3 is 2.60 bits per heavy atom. The van der Waals surface area contributed by atoms with Crippen molar-refractivity contribution in [3.05, 3.63) is 52.3 Å². The van der Waals surface area contributed by atoms with E-state index in [2.05, 4.69) is 25.1 Å². The van der Waals surface area contributed by atoms with E-state index in [-0.39, 0.29) is 10.6 Å². The molecule has 0 bridgehead atoms. The number of rotatable bonds is 3. The van der Waals surface area contributed by atoms with Crippen LogP contribution in [0.15, 0.2) is 36.7 Å². The number of nitrogens with zero attached hydrogens (tertiary/aromatic N) is 7. The van der Waals surface area contributed by atoms with E-state index in [0.29, 0.717) is 18.7 Å². The molecule has 2 aromatic heterocycles. The molecule has 1 saturated heterocycles. The molecule has 1 aromatic carbocycles. The molecule has 4 rings (SSSR count). The van der Waals surface area contributed by atoms with E-state index in [0.717, 1.165) is 30.2 Å². The standard InChI is InChI=1S/C16H17N7O2/c1-12-3-2-4-13(23(24)25)16(12)21-9-7-20(8-10-21)15-6-5-14-18-17-11-22(14)19-15/h2-6,11H,7-10H2,1H3. The minimum absolute atomic E-state index is 0.164. The third-order valence-electron chi connectivity index (χ3n) is 4.48. The monoisotopic (exact) mass is 339 g/mol. The van der Waals surface area contributed by atoms with Gasteiger partial charge in [0, 0.05) is 32.2 Å². The molecule has 0 atom stereocenters. The predicted molar refractivity (Wildman–Crippen MR) is 93.0 cm³/mol. The normalized spacial score (nSPS) is 14.9. The first-order valence-corrected chi connectivity index (χ1v) is 8.04. The van der Waals surface area contributed by atoms with Crippen LogP contribution in [0, 0.1) is 17.0 Å². The van der Waals surface area contributed by atoms with Crippen molar-refractivity contribution in [2.45, 2.75) is 6.92 Å². The lowest BCUT2D eigenvalue weighted by molar-refractivity contribution is -0.384. The van der Waals surface area contributed by atoms with Crippen LogP contribution in [0.5, 0.6) is 0 Å². The van der Waals surface area contributed by atoms with Crippen LogP contribution in [0.25, 0.3) is 5.65 Å². The summed E-state index contributed by atoms with van der Waals surface area (Å²) < 4.78 is 1.65. The summed E-state index contributed by atoms with van der Waals surface area (Å²) in [6, 6.07) is 9.02. The molecule has 0 N–H and O–H groups in total. The summed E-state index contributed by atoms with van der Waals surface area (Å²) in [5.74, 6) is 0.853. The van der Waals surface area contributed by atoms with Crippen LogP contribution in [-0.4, -0.2) is 50.9 Å². The molecule has 1 aliphatic rings. The average molecular weight is 339 g/mol. The van der Waals surface area contributed by atoms with E-state index in [9.17, 15) is 10.1 Å². The number of benzene rings is 1. The third kappa shape index (κ3) is 2.73. The number of piperazine rings is 1. The van der Waals surface area contributed by atoms with Gasteiger partial charge in [0.05, 0.1) is 4.92 Å². The highest BCUT2D eigenvalue weighted by atomic mass is 16.6. The summed E-state index contributed by atoms with van der Waals surface area (Å²) in [6.45, 7) is 4.80. The quantitative estimate of drug-likeness (QED) is 0.529. The Bertz CT molecular complexity index is 931. The minimum atomic E-state index is -0.309. The smallest absolute Gasteiger partial charge is 0.292 e. The highest BCUT2D eigenvalue weighted by Gasteiger charge is 2.25. The number of anilines is 2. The van der Waals surface area contributed by atoms with Crippen LogP contribution in [-0.2, 0) is 0 Å². The maximum atomic E-state index is 11.3. The van der Waals surface area contributed by atoms with E-state index in [1.807, 2.05) is 25.1 Å². The van der Waals surface area contributed by atoms with Gasteiger partial charge in [-0.3, -0.25) is 10.1 Å². The summed E-state index contributed by atoms with van der Waals surface area (Å²) >= 11 is 0. The molecule has 128 valence electrons. The number of nitro benzene ring substituents is 1. The fourth-order valence-corrected chi connectivity index (χ4v) is 3.25. The van der Waals surface area contributed by atoms with Crippen molar-refractivity contribution >= 4 is 22.8 Å². The second kappa shape index (κ2) is 6.00. The lowest BCUT2D eigenvalue weighted by atomic mass is 10.1. The Labute approximate surface area is 143 Å². The molecule has 0 amide bonds. The number of hydrogen-bond donors (Lipinski definition) is 0. The van der Waals surface area contributed by atoms with Gasteiger partial charge in [0.25, 0.3) is 5.69 Å². The van der Waals surface area contributed by atoms with Crippen LogP contribution >= 0.6 is 0 Å². The van der Waals surface area contributed by atoms with Crippen LogP contribution in [0.2, 0.25) is 0 Å². The number of aryl methyl sites for hydroxylation is 1. The van der Waals surface area contributed by atoms with Gasteiger partial charge in [-0.1, -0.05) is 12.1 Å². The topological polar surface area (TPSA) is 92.7 Å². The Morgan fingerprint density at radius 1 is 1.08 bits per heavy atom. The Morgan fingerprint density at radius 2 is 1.84 bits per heavy atom. The fraction of sp³-hybridized carbons (Fsp3) is 0.312. The highest BCUT2D eigenvalue weighted by Crippen LogP contribution is 2.32. The summed E-state index contributed by atoms with van der Waals surface area (Å²) in [5, 5.41) is 23.6. The van der Waals surface area contributed by atoms with Crippen LogP contribution in [0.1, 0.15) is 5.56 Å². The summed E-state index contributed by atoms with van der Waals surface area (Å²) in [7, 11) is 0. The average Bonchev–Trinajstić information content (AvgIpc) is 3.09. The maximum absolute atomic E-state index is 11.3. The Hall–Kier alpha value is -3.23. The molecule has 9 nitrogen and oxygen atoms in total. The molecule has 9 heteroatoms. The predicted octanol–water partition coefficient (Wildman–Crippen LogP) is 1.67. The zero-order valence-electron chi connectivity index (χ0n) is 13.7. The van der Waals surface area contributed by atoms with Crippen LogP contribution in [0.3, 0.4) is 0 Å². The lowest BCUT2D eigenvalue weighted by Crippen LogP contribution is -2.47. The molecule has 0 radical (unpaired) electrons. The minimum Gasteiger partial charge on any atom is -0.362 e. The largest absolute Gasteiger partial charge is 0.362 e. The van der Waals surface area contributed by atoms with Crippen molar-refractivity contribution in [3.63, 3.8) is 0 Å². The van der Waals surface area contributed by atoms with Gasteiger partial charge in [-0.25, -0.2) is 0 Å². The zero-order valence-corrected chi connectivity index (χ0v) is 13.7. The van der Waals surface area contributed by atoms with E-state index < -0.39 is 0 Å². The van der Waals surface area contributed by atoms with Crippen molar-refractivity contribution in [2.75, 3.05) is 36.0 Å². The first-order valence-electron chi connectivity index (χ1n) is 8.04. The van der Waals surface area contributed by atoms with Crippen molar-refractivity contribution < 1.29 is 4.92 Å². The number of hydrogen-bond acceptors (Lipinski definition) is 7. The number of aromatic nitrogens is 4. The highest BCUT2D eigenvalue weighted by molar-refractivity contribution is 5.68. The molecule has 0 aliphatic carbocycles. The third-order valence-corrected chi connectivity index (χ3v) is 4.48. The Kier molecular flexibility index (Phi) is 3.68. The molecule has 0 spiro atoms. The number of nitro groups is 1. The molecule has 25 heavy (non-hydrogen) atoms. The molecular formula is C16H17N7O2. The zero-order chi connectivity index (χ0) is 17.4. The molecule has 0 saturated carbocycles. The number of para-hydroxylation sites is 1. The lowest BCUT2D eigenvalue weighted by Gasteiger charge is -2.36. The van der Waals surface area contributed by atoms with Gasteiger partial charge in [-0.2, -0.15) is 4.52 Å². The van der Waals surface area contributed by atoms with Crippen molar-refractivity contribution in [3.8, 4) is 0 Å². The first-order chi connectivity index (χ1) is 12.1. The van der Waals surface area contributed by atoms with Gasteiger partial charge >= 0.3 is 0 Å². The molecule has 0 unspecified atom stereocenters. The van der Waals surface area contributed by atoms with Crippen LogP contribution in [0.4, 0.5) is 17.2 Å². The molecule has 3 heterocycles.